The Morgan fingerprint density at radius 2 is 1.87 bits per heavy atom. The fourth-order valence-electron chi connectivity index (χ4n) is 2.43. The number of rotatable bonds is 7. The number of hydrogen-bond donors (Lipinski definition) is 2. The monoisotopic (exact) mass is 488 g/mol. The minimum atomic E-state index is -4.07. The fraction of sp³-hybridized carbons (Fsp3) is 0.176. The average molecular weight is 489 g/mol. The van der Waals surface area contributed by atoms with Gasteiger partial charge in [-0.2, -0.15) is 13.5 Å². The zero-order valence-electron chi connectivity index (χ0n) is 15.3. The van der Waals surface area contributed by atoms with E-state index in [0.29, 0.717) is 21.2 Å². The van der Waals surface area contributed by atoms with Crippen molar-refractivity contribution in [1.82, 2.24) is 13.5 Å². The van der Waals surface area contributed by atoms with E-state index in [4.69, 9.17) is 27.9 Å². The molecule has 0 saturated heterocycles. The van der Waals surface area contributed by atoms with Gasteiger partial charge in [-0.3, -0.25) is 9.59 Å². The van der Waals surface area contributed by atoms with E-state index >= 15 is 0 Å². The standard InChI is InChI=1S/C17H14Cl2N4O5S2/c1-9(23-30(26,27)14-4-2-3-13-16(14)22-29-21-13)17(25)28-8-15(24)20-12-6-10(18)5-11(19)7-12/h2-7,9,23H,8H2,1H3,(H,20,24)/t9-/m1/s1. The molecule has 2 aromatic carbocycles. The maximum Gasteiger partial charge on any atom is 0.324 e. The van der Waals surface area contributed by atoms with Crippen LogP contribution in [0.15, 0.2) is 41.3 Å². The number of benzene rings is 2. The fourth-order valence-corrected chi connectivity index (χ4v) is 4.91. The molecule has 0 aliphatic rings. The second-order valence-corrected chi connectivity index (χ2v) is 9.13. The lowest BCUT2D eigenvalue weighted by atomic mass is 10.3. The van der Waals surface area contributed by atoms with E-state index in [1.54, 1.807) is 6.07 Å². The Kier molecular flexibility index (Phi) is 6.88. The van der Waals surface area contributed by atoms with E-state index in [1.165, 1.54) is 37.3 Å². The number of hydrogen-bond acceptors (Lipinski definition) is 8. The van der Waals surface area contributed by atoms with Crippen molar-refractivity contribution < 1.29 is 22.7 Å². The molecule has 1 atom stereocenters. The summed E-state index contributed by atoms with van der Waals surface area (Å²) in [7, 11) is -4.07. The van der Waals surface area contributed by atoms with Gasteiger partial charge in [-0.1, -0.05) is 29.3 Å². The molecule has 1 heterocycles. The number of sulfonamides is 1. The highest BCUT2D eigenvalue weighted by molar-refractivity contribution is 7.89. The molecule has 1 amide bonds. The molecule has 158 valence electrons. The summed E-state index contributed by atoms with van der Waals surface area (Å²) in [5.74, 6) is -1.57. The highest BCUT2D eigenvalue weighted by Crippen LogP contribution is 2.23. The van der Waals surface area contributed by atoms with Crippen molar-refractivity contribution in [2.45, 2.75) is 17.9 Å². The maximum atomic E-state index is 12.6. The highest BCUT2D eigenvalue weighted by Gasteiger charge is 2.26. The van der Waals surface area contributed by atoms with Crippen molar-refractivity contribution in [3.05, 3.63) is 46.4 Å². The van der Waals surface area contributed by atoms with Gasteiger partial charge in [0.1, 0.15) is 22.0 Å². The molecule has 0 bridgehead atoms. The minimum Gasteiger partial charge on any atom is -0.454 e. The van der Waals surface area contributed by atoms with Gasteiger partial charge in [0.15, 0.2) is 6.61 Å². The first-order valence-corrected chi connectivity index (χ1v) is 11.3. The first kappa shape index (κ1) is 22.4. The van der Waals surface area contributed by atoms with Gasteiger partial charge in [0.25, 0.3) is 5.91 Å². The molecule has 2 N–H and O–H groups in total. The summed E-state index contributed by atoms with van der Waals surface area (Å²) in [5.41, 5.74) is 0.957. The third-order valence-electron chi connectivity index (χ3n) is 3.72. The number of anilines is 1. The molecule has 3 rings (SSSR count). The Labute approximate surface area is 185 Å². The zero-order chi connectivity index (χ0) is 21.9. The second kappa shape index (κ2) is 9.23. The van der Waals surface area contributed by atoms with Gasteiger partial charge in [-0.25, -0.2) is 8.42 Å². The van der Waals surface area contributed by atoms with Gasteiger partial charge in [0.2, 0.25) is 10.0 Å². The number of carbonyl (C=O) groups is 2. The Morgan fingerprint density at radius 1 is 1.17 bits per heavy atom. The number of ether oxygens (including phenoxy) is 1. The first-order valence-electron chi connectivity index (χ1n) is 8.32. The Bertz CT molecular complexity index is 1200. The molecule has 0 saturated carbocycles. The summed E-state index contributed by atoms with van der Waals surface area (Å²) in [5, 5.41) is 3.12. The van der Waals surface area contributed by atoms with E-state index < -0.39 is 34.5 Å². The second-order valence-electron chi connectivity index (χ2n) is 6.05. The number of carbonyl (C=O) groups excluding carboxylic acids is 2. The number of fused-ring (bicyclic) bond motifs is 1. The van der Waals surface area contributed by atoms with Crippen molar-refractivity contribution in [2.75, 3.05) is 11.9 Å². The van der Waals surface area contributed by atoms with Crippen molar-refractivity contribution in [1.29, 1.82) is 0 Å². The van der Waals surface area contributed by atoms with E-state index in [-0.39, 0.29) is 10.4 Å². The lowest BCUT2D eigenvalue weighted by Gasteiger charge is -2.14. The van der Waals surface area contributed by atoms with Crippen LogP contribution in [0.1, 0.15) is 6.92 Å². The molecule has 9 nitrogen and oxygen atoms in total. The van der Waals surface area contributed by atoms with Crippen LogP contribution in [-0.2, 0) is 24.3 Å². The third kappa shape index (κ3) is 5.43. The lowest BCUT2D eigenvalue weighted by molar-refractivity contribution is -0.148. The highest BCUT2D eigenvalue weighted by atomic mass is 35.5. The summed E-state index contributed by atoms with van der Waals surface area (Å²) in [6.07, 6.45) is 0. The molecule has 0 spiro atoms. The summed E-state index contributed by atoms with van der Waals surface area (Å²) in [6, 6.07) is 7.69. The number of halogens is 2. The van der Waals surface area contributed by atoms with Crippen LogP contribution >= 0.6 is 34.9 Å². The minimum absolute atomic E-state index is 0.107. The first-order chi connectivity index (χ1) is 14.2. The molecule has 0 aliphatic heterocycles. The zero-order valence-corrected chi connectivity index (χ0v) is 18.4. The van der Waals surface area contributed by atoms with Gasteiger partial charge in [-0.05, 0) is 37.3 Å². The van der Waals surface area contributed by atoms with Crippen molar-refractivity contribution in [2.24, 2.45) is 0 Å². The molecule has 0 radical (unpaired) electrons. The topological polar surface area (TPSA) is 127 Å². The van der Waals surface area contributed by atoms with Crippen LogP contribution in [0, 0.1) is 0 Å². The number of nitrogens with zero attached hydrogens (tertiary/aromatic N) is 2. The lowest BCUT2D eigenvalue weighted by Crippen LogP contribution is -2.40. The van der Waals surface area contributed by atoms with Gasteiger partial charge < -0.3 is 10.1 Å². The number of amides is 1. The predicted molar refractivity (Wildman–Crippen MR) is 113 cm³/mol. The van der Waals surface area contributed by atoms with Gasteiger partial charge in [0, 0.05) is 15.7 Å². The molecule has 1 aromatic heterocycles. The van der Waals surface area contributed by atoms with Crippen LogP contribution < -0.4 is 10.0 Å². The summed E-state index contributed by atoms with van der Waals surface area (Å²) in [6.45, 7) is 0.675. The van der Waals surface area contributed by atoms with E-state index in [2.05, 4.69) is 18.8 Å². The Balaban J connectivity index is 1.59. The number of esters is 1. The molecule has 3 aromatic rings. The summed E-state index contributed by atoms with van der Waals surface area (Å²) < 4.78 is 40.3. The van der Waals surface area contributed by atoms with Crippen LogP contribution in [0.25, 0.3) is 11.0 Å². The normalized spacial score (nSPS) is 12.5. The summed E-state index contributed by atoms with van der Waals surface area (Å²) >= 11 is 12.6. The van der Waals surface area contributed by atoms with Crippen LogP contribution in [0.2, 0.25) is 10.0 Å². The largest absolute Gasteiger partial charge is 0.454 e. The van der Waals surface area contributed by atoms with Crippen molar-refractivity contribution in [3.8, 4) is 0 Å². The maximum absolute atomic E-state index is 12.6. The van der Waals surface area contributed by atoms with Crippen molar-refractivity contribution >= 4 is 73.6 Å². The molecule has 0 aliphatic carbocycles. The molecule has 0 fully saturated rings. The van der Waals surface area contributed by atoms with Gasteiger partial charge >= 0.3 is 5.97 Å². The van der Waals surface area contributed by atoms with Crippen LogP contribution in [0.5, 0.6) is 0 Å². The van der Waals surface area contributed by atoms with Crippen LogP contribution in [0.4, 0.5) is 5.69 Å². The molecular weight excluding hydrogens is 475 g/mol. The SMILES string of the molecule is C[C@@H](NS(=O)(=O)c1cccc2nsnc12)C(=O)OCC(=O)Nc1cc(Cl)cc(Cl)c1. The average Bonchev–Trinajstić information content (AvgIpc) is 3.13. The van der Waals surface area contributed by atoms with Crippen LogP contribution in [-0.4, -0.2) is 41.7 Å². The van der Waals surface area contributed by atoms with Crippen LogP contribution in [0.3, 0.4) is 0 Å². The molecule has 13 heteroatoms. The molecule has 0 unspecified atom stereocenters. The predicted octanol–water partition coefficient (Wildman–Crippen LogP) is 2.85. The molecule has 30 heavy (non-hydrogen) atoms. The van der Waals surface area contributed by atoms with Crippen molar-refractivity contribution in [3.63, 3.8) is 0 Å². The smallest absolute Gasteiger partial charge is 0.324 e. The Morgan fingerprint density at radius 3 is 2.57 bits per heavy atom. The van der Waals surface area contributed by atoms with Gasteiger partial charge in [0.05, 0.1) is 11.7 Å². The number of nitrogens with one attached hydrogen (secondary N) is 2. The third-order valence-corrected chi connectivity index (χ3v) is 6.27. The molecular formula is C17H14Cl2N4O5S2. The Hall–Kier alpha value is -2.31. The van der Waals surface area contributed by atoms with E-state index in [9.17, 15) is 18.0 Å². The number of aromatic nitrogens is 2. The van der Waals surface area contributed by atoms with E-state index in [0.717, 1.165) is 11.7 Å². The quantitative estimate of drug-likeness (QED) is 0.489. The van der Waals surface area contributed by atoms with E-state index in [1.807, 2.05) is 0 Å². The van der Waals surface area contributed by atoms with Gasteiger partial charge in [-0.15, -0.1) is 0 Å². The summed E-state index contributed by atoms with van der Waals surface area (Å²) in [4.78, 5) is 24.0.